The predicted octanol–water partition coefficient (Wildman–Crippen LogP) is 3.19. The van der Waals surface area contributed by atoms with E-state index in [2.05, 4.69) is 26.0 Å². The van der Waals surface area contributed by atoms with Crippen LogP contribution in [-0.2, 0) is 9.59 Å². The summed E-state index contributed by atoms with van der Waals surface area (Å²) in [6.07, 6.45) is 13.2. The van der Waals surface area contributed by atoms with Crippen LogP contribution in [0.25, 0.3) is 0 Å². The van der Waals surface area contributed by atoms with Gasteiger partial charge in [-0.3, -0.25) is 4.79 Å². The van der Waals surface area contributed by atoms with E-state index in [1.54, 1.807) is 0 Å². The molecule has 4 rings (SSSR count). The fourth-order valence-electron chi connectivity index (χ4n) is 7.06. The summed E-state index contributed by atoms with van der Waals surface area (Å²) < 4.78 is 0. The summed E-state index contributed by atoms with van der Waals surface area (Å²) in [5.41, 5.74) is 6.07. The van der Waals surface area contributed by atoms with E-state index in [-0.39, 0.29) is 22.5 Å². The number of carbonyl (C=O) groups excluding carboxylic acids is 2. The predicted molar refractivity (Wildman–Crippen MR) is 105 cm³/mol. The van der Waals surface area contributed by atoms with Gasteiger partial charge in [0.25, 0.3) is 0 Å². The lowest BCUT2D eigenvalue weighted by molar-refractivity contribution is -0.132. The minimum absolute atomic E-state index is 0.0813. The van der Waals surface area contributed by atoms with E-state index < -0.39 is 5.60 Å². The Morgan fingerprint density at radius 1 is 1.26 bits per heavy atom. The highest BCUT2D eigenvalue weighted by Gasteiger charge is 2.63. The number of ketones is 1. The number of nitrogens with two attached hydrogens (primary N) is 1. The molecule has 0 saturated heterocycles. The molecule has 2 fully saturated rings. The summed E-state index contributed by atoms with van der Waals surface area (Å²) in [6, 6.07) is 0. The third-order valence-electron chi connectivity index (χ3n) is 8.93. The molecule has 0 amide bonds. The maximum atomic E-state index is 11.9. The monoisotopic (exact) mass is 371 g/mol. The van der Waals surface area contributed by atoms with Gasteiger partial charge in [-0.25, -0.2) is 0 Å². The van der Waals surface area contributed by atoms with Gasteiger partial charge < -0.3 is 15.6 Å². The Morgan fingerprint density at radius 3 is 2.70 bits per heavy atom. The Hall–Kier alpha value is -1.26. The smallest absolute Gasteiger partial charge is 0.156 e. The fraction of sp³-hybridized carbons (Fsp3) is 0.739. The van der Waals surface area contributed by atoms with E-state index in [9.17, 15) is 14.7 Å². The highest BCUT2D eigenvalue weighted by Crippen LogP contribution is 2.66. The number of fused-ring (bicyclic) bond motifs is 5. The molecule has 0 spiro atoms. The summed E-state index contributed by atoms with van der Waals surface area (Å²) in [7, 11) is 0. The summed E-state index contributed by atoms with van der Waals surface area (Å²) in [5, 5.41) is 11.6. The normalized spacial score (nSPS) is 46.9. The van der Waals surface area contributed by atoms with Gasteiger partial charge >= 0.3 is 0 Å². The molecule has 7 atom stereocenters. The second-order valence-corrected chi connectivity index (χ2v) is 10.00. The highest BCUT2D eigenvalue weighted by atomic mass is 16.3. The van der Waals surface area contributed by atoms with Gasteiger partial charge in [0, 0.05) is 18.9 Å². The fourth-order valence-corrected chi connectivity index (χ4v) is 7.06. The van der Waals surface area contributed by atoms with Crippen LogP contribution in [0.5, 0.6) is 0 Å². The minimum Gasteiger partial charge on any atom is -0.389 e. The Bertz CT molecular complexity index is 712. The Balaban J connectivity index is 1.66. The standard InChI is InChI=1S/C23H33NO3/c1-21-8-5-17(26)11-16(21)3-4-18-19(21)6-9-22(2)20(18)7-10-23(22,27)12-15(13-24)14-25/h3-4,11,14-15,18-20,27H,5-10,12-13,24H2,1-2H3/t15?,18-,19+,20+,21+,22+,23-/m1/s1. The molecule has 4 heteroatoms. The van der Waals surface area contributed by atoms with E-state index in [4.69, 9.17) is 5.73 Å². The molecule has 27 heavy (non-hydrogen) atoms. The average molecular weight is 372 g/mol. The Kier molecular flexibility index (Phi) is 4.51. The number of rotatable bonds is 4. The van der Waals surface area contributed by atoms with Crippen molar-refractivity contribution in [2.45, 2.75) is 64.4 Å². The van der Waals surface area contributed by atoms with Crippen LogP contribution in [0.4, 0.5) is 0 Å². The van der Waals surface area contributed by atoms with Crippen LogP contribution in [0.3, 0.4) is 0 Å². The Morgan fingerprint density at radius 2 is 2.00 bits per heavy atom. The van der Waals surface area contributed by atoms with Crippen LogP contribution in [0.15, 0.2) is 23.8 Å². The number of aliphatic hydroxyl groups is 1. The first-order chi connectivity index (χ1) is 12.8. The molecule has 4 nitrogen and oxygen atoms in total. The van der Waals surface area contributed by atoms with E-state index in [0.29, 0.717) is 37.1 Å². The largest absolute Gasteiger partial charge is 0.389 e. The molecule has 0 aromatic rings. The van der Waals surface area contributed by atoms with Crippen LogP contribution in [-0.4, -0.2) is 29.3 Å². The average Bonchev–Trinajstić information content (AvgIpc) is 2.91. The van der Waals surface area contributed by atoms with E-state index >= 15 is 0 Å². The molecule has 0 aromatic carbocycles. The number of carbonyl (C=O) groups is 2. The van der Waals surface area contributed by atoms with Crippen molar-refractivity contribution >= 4 is 12.1 Å². The van der Waals surface area contributed by atoms with Crippen molar-refractivity contribution in [1.29, 1.82) is 0 Å². The molecular weight excluding hydrogens is 338 g/mol. The van der Waals surface area contributed by atoms with Crippen molar-refractivity contribution < 1.29 is 14.7 Å². The molecular formula is C23H33NO3. The second kappa shape index (κ2) is 6.38. The van der Waals surface area contributed by atoms with Crippen molar-refractivity contribution in [3.05, 3.63) is 23.8 Å². The van der Waals surface area contributed by atoms with Crippen LogP contribution in [0.1, 0.15) is 58.8 Å². The number of hydrogen-bond donors (Lipinski definition) is 2. The lowest BCUT2D eigenvalue weighted by atomic mass is 9.48. The first kappa shape index (κ1) is 19.1. The molecule has 2 saturated carbocycles. The zero-order valence-corrected chi connectivity index (χ0v) is 16.6. The van der Waals surface area contributed by atoms with Crippen molar-refractivity contribution in [2.75, 3.05) is 6.54 Å². The topological polar surface area (TPSA) is 80.4 Å². The van der Waals surface area contributed by atoms with Gasteiger partial charge in [0.15, 0.2) is 5.78 Å². The molecule has 0 radical (unpaired) electrons. The van der Waals surface area contributed by atoms with Crippen molar-refractivity contribution in [3.8, 4) is 0 Å². The first-order valence-electron chi connectivity index (χ1n) is 10.6. The maximum Gasteiger partial charge on any atom is 0.156 e. The van der Waals surface area contributed by atoms with Crippen molar-refractivity contribution in [3.63, 3.8) is 0 Å². The van der Waals surface area contributed by atoms with Gasteiger partial charge in [0.05, 0.1) is 5.60 Å². The third kappa shape index (κ3) is 2.63. The maximum absolute atomic E-state index is 11.9. The lowest BCUT2D eigenvalue weighted by Gasteiger charge is -2.57. The summed E-state index contributed by atoms with van der Waals surface area (Å²) in [5.74, 6) is 1.41. The molecule has 0 bridgehead atoms. The van der Waals surface area contributed by atoms with Gasteiger partial charge in [-0.2, -0.15) is 0 Å². The summed E-state index contributed by atoms with van der Waals surface area (Å²) in [4.78, 5) is 23.3. The Labute approximate surface area is 162 Å². The zero-order valence-electron chi connectivity index (χ0n) is 16.6. The summed E-state index contributed by atoms with van der Waals surface area (Å²) in [6.45, 7) is 4.89. The molecule has 4 aliphatic carbocycles. The molecule has 0 aromatic heterocycles. The number of aldehydes is 1. The van der Waals surface area contributed by atoms with Gasteiger partial charge in [-0.05, 0) is 78.8 Å². The second-order valence-electron chi connectivity index (χ2n) is 10.00. The van der Waals surface area contributed by atoms with E-state index in [1.807, 2.05) is 6.08 Å². The summed E-state index contributed by atoms with van der Waals surface area (Å²) >= 11 is 0. The van der Waals surface area contributed by atoms with Gasteiger partial charge in [0.1, 0.15) is 6.29 Å². The minimum atomic E-state index is -0.805. The molecule has 0 aliphatic heterocycles. The van der Waals surface area contributed by atoms with Crippen LogP contribution in [0.2, 0.25) is 0 Å². The molecule has 148 valence electrons. The SMILES string of the molecule is C[C@]12CCC(=O)C=C1C=C[C@@H]1[C@@H]2CC[C@@]2(C)[C@H]1CC[C@@]2(O)CC(C=O)CN. The highest BCUT2D eigenvalue weighted by molar-refractivity contribution is 5.92. The quantitative estimate of drug-likeness (QED) is 0.744. The van der Waals surface area contributed by atoms with Crippen LogP contribution >= 0.6 is 0 Å². The van der Waals surface area contributed by atoms with Crippen LogP contribution in [0, 0.1) is 34.5 Å². The van der Waals surface area contributed by atoms with Gasteiger partial charge in [0.2, 0.25) is 0 Å². The van der Waals surface area contributed by atoms with E-state index in [0.717, 1.165) is 38.4 Å². The molecule has 4 aliphatic rings. The number of hydrogen-bond acceptors (Lipinski definition) is 4. The molecule has 0 heterocycles. The van der Waals surface area contributed by atoms with E-state index in [1.165, 1.54) is 5.57 Å². The van der Waals surface area contributed by atoms with Crippen molar-refractivity contribution in [1.82, 2.24) is 0 Å². The third-order valence-corrected chi connectivity index (χ3v) is 8.93. The van der Waals surface area contributed by atoms with Crippen LogP contribution < -0.4 is 5.73 Å². The number of allylic oxidation sites excluding steroid dienone is 4. The molecule has 1 unspecified atom stereocenters. The molecule has 3 N–H and O–H groups in total. The first-order valence-corrected chi connectivity index (χ1v) is 10.6. The van der Waals surface area contributed by atoms with Gasteiger partial charge in [-0.1, -0.05) is 26.0 Å². The van der Waals surface area contributed by atoms with Crippen molar-refractivity contribution in [2.24, 2.45) is 40.2 Å². The lowest BCUT2D eigenvalue weighted by Crippen LogP contribution is -2.54. The zero-order chi connectivity index (χ0) is 19.4. The van der Waals surface area contributed by atoms with Gasteiger partial charge in [-0.15, -0.1) is 0 Å².